The lowest BCUT2D eigenvalue weighted by molar-refractivity contribution is 0.559. The zero-order valence-electron chi connectivity index (χ0n) is 18.7. The number of nitrogens with two attached hydrogens (primary N) is 1. The Bertz CT molecular complexity index is 1170. The summed E-state index contributed by atoms with van der Waals surface area (Å²) in [5.74, 6) is 0.877. The molecule has 0 aliphatic heterocycles. The molecule has 4 N–H and O–H groups in total. The number of guanidine groups is 1. The van der Waals surface area contributed by atoms with E-state index in [0.717, 1.165) is 30.5 Å². The lowest BCUT2D eigenvalue weighted by Gasteiger charge is -2.19. The fraction of sp³-hybridized carbons (Fsp3) is 0.320. The van der Waals surface area contributed by atoms with Crippen molar-refractivity contribution < 1.29 is 4.39 Å². The van der Waals surface area contributed by atoms with Gasteiger partial charge in [0.1, 0.15) is 23.3 Å². The molecule has 0 bridgehead atoms. The monoisotopic (exact) mass is 445 g/mol. The Balaban J connectivity index is 1.31. The minimum atomic E-state index is -0.160. The van der Waals surface area contributed by atoms with E-state index in [1.165, 1.54) is 6.07 Å². The number of hydrogen-bond acceptors (Lipinski definition) is 4. The maximum absolute atomic E-state index is 14.2. The number of rotatable bonds is 8. The molecule has 1 fully saturated rings. The Morgan fingerprint density at radius 1 is 1.18 bits per heavy atom. The van der Waals surface area contributed by atoms with Gasteiger partial charge in [-0.3, -0.25) is 4.99 Å². The first-order valence-corrected chi connectivity index (χ1v) is 11.1. The summed E-state index contributed by atoms with van der Waals surface area (Å²) in [6.45, 7) is 1.28. The summed E-state index contributed by atoms with van der Waals surface area (Å²) < 4.78 is 15.8. The van der Waals surface area contributed by atoms with Crippen molar-refractivity contribution in [2.75, 3.05) is 25.9 Å². The highest BCUT2D eigenvalue weighted by Crippen LogP contribution is 2.48. The van der Waals surface area contributed by atoms with Gasteiger partial charge in [-0.2, -0.15) is 10.4 Å². The number of benzene rings is 2. The molecular weight excluding hydrogens is 417 g/mol. The second kappa shape index (κ2) is 9.74. The molecule has 1 aliphatic carbocycles. The van der Waals surface area contributed by atoms with Crippen molar-refractivity contribution in [1.29, 1.82) is 5.26 Å². The van der Waals surface area contributed by atoms with Gasteiger partial charge in [0.25, 0.3) is 0 Å². The zero-order chi connectivity index (χ0) is 23.3. The number of halogens is 1. The summed E-state index contributed by atoms with van der Waals surface area (Å²) in [7, 11) is 1.72. The van der Waals surface area contributed by atoms with E-state index in [1.54, 1.807) is 17.8 Å². The third-order valence-corrected chi connectivity index (χ3v) is 6.11. The first kappa shape index (κ1) is 22.3. The van der Waals surface area contributed by atoms with Crippen molar-refractivity contribution >= 4 is 11.8 Å². The quantitative estimate of drug-likeness (QED) is 0.280. The zero-order valence-corrected chi connectivity index (χ0v) is 18.7. The van der Waals surface area contributed by atoms with Crippen LogP contribution in [0.1, 0.15) is 36.1 Å². The molecule has 170 valence electrons. The molecule has 0 spiro atoms. The van der Waals surface area contributed by atoms with Crippen LogP contribution in [0.3, 0.4) is 0 Å². The smallest absolute Gasteiger partial charge is 0.191 e. The summed E-state index contributed by atoms with van der Waals surface area (Å²) in [6.07, 6.45) is 3.27. The molecule has 33 heavy (non-hydrogen) atoms. The van der Waals surface area contributed by atoms with Crippen LogP contribution in [0.15, 0.2) is 59.6 Å². The van der Waals surface area contributed by atoms with Crippen molar-refractivity contribution in [3.8, 4) is 11.8 Å². The molecule has 1 heterocycles. The topological polar surface area (TPSA) is 104 Å². The van der Waals surface area contributed by atoms with Crippen molar-refractivity contribution in [2.24, 2.45) is 4.99 Å². The second-order valence-electron chi connectivity index (χ2n) is 8.28. The van der Waals surface area contributed by atoms with Gasteiger partial charge in [0.15, 0.2) is 5.96 Å². The van der Waals surface area contributed by atoms with E-state index < -0.39 is 0 Å². The first-order valence-electron chi connectivity index (χ1n) is 11.1. The molecular formula is C25H28FN7. The minimum Gasteiger partial charge on any atom is -0.382 e. The standard InChI is InChI=1S/C25H28FN7/c1-29-24(31-17-25(13-14-25)20-10-5-6-11-21(20)26)30-15-7-12-22-19(16-27)23(28)33(32-22)18-8-3-2-4-9-18/h2-6,8-11H,7,12-15,17,28H2,1H3,(H2,29,30,31). The highest BCUT2D eigenvalue weighted by Gasteiger charge is 2.45. The summed E-state index contributed by atoms with van der Waals surface area (Å²) >= 11 is 0. The largest absolute Gasteiger partial charge is 0.382 e. The molecule has 0 amide bonds. The lowest BCUT2D eigenvalue weighted by Crippen LogP contribution is -2.41. The van der Waals surface area contributed by atoms with Crippen LogP contribution < -0.4 is 16.4 Å². The van der Waals surface area contributed by atoms with Gasteiger partial charge in [-0.05, 0) is 49.4 Å². The van der Waals surface area contributed by atoms with E-state index in [0.29, 0.717) is 42.5 Å². The normalized spacial score (nSPS) is 14.5. The number of nitrogens with one attached hydrogen (secondary N) is 2. The van der Waals surface area contributed by atoms with E-state index in [9.17, 15) is 9.65 Å². The van der Waals surface area contributed by atoms with Crippen LogP contribution in [0.2, 0.25) is 0 Å². The number of nitrogens with zero attached hydrogens (tertiary/aromatic N) is 4. The van der Waals surface area contributed by atoms with Crippen LogP contribution in [0.25, 0.3) is 5.69 Å². The van der Waals surface area contributed by atoms with Crippen molar-refractivity contribution in [1.82, 2.24) is 20.4 Å². The number of aryl methyl sites for hydroxylation is 1. The molecule has 0 radical (unpaired) electrons. The average molecular weight is 446 g/mol. The maximum atomic E-state index is 14.2. The van der Waals surface area contributed by atoms with E-state index in [-0.39, 0.29) is 11.2 Å². The van der Waals surface area contributed by atoms with Crippen molar-refractivity contribution in [3.63, 3.8) is 0 Å². The van der Waals surface area contributed by atoms with Crippen LogP contribution in [0.4, 0.5) is 10.2 Å². The summed E-state index contributed by atoms with van der Waals surface area (Å²) in [4.78, 5) is 4.28. The average Bonchev–Trinajstić information content (AvgIpc) is 3.56. The maximum Gasteiger partial charge on any atom is 0.191 e. The molecule has 8 heteroatoms. The lowest BCUT2D eigenvalue weighted by atomic mass is 9.95. The molecule has 1 aromatic heterocycles. The first-order chi connectivity index (χ1) is 16.1. The molecule has 7 nitrogen and oxygen atoms in total. The summed E-state index contributed by atoms with van der Waals surface area (Å²) in [6, 6.07) is 18.7. The molecule has 4 rings (SSSR count). The van der Waals surface area contributed by atoms with Gasteiger partial charge in [-0.25, -0.2) is 9.07 Å². The Morgan fingerprint density at radius 2 is 1.91 bits per heavy atom. The molecule has 1 aliphatic rings. The predicted molar refractivity (Wildman–Crippen MR) is 128 cm³/mol. The van der Waals surface area contributed by atoms with Gasteiger partial charge in [0, 0.05) is 25.6 Å². The number of anilines is 1. The van der Waals surface area contributed by atoms with Crippen LogP contribution in [0.5, 0.6) is 0 Å². The third-order valence-electron chi connectivity index (χ3n) is 6.11. The number of hydrogen-bond donors (Lipinski definition) is 3. The van der Waals surface area contributed by atoms with Crippen LogP contribution in [-0.4, -0.2) is 35.9 Å². The van der Waals surface area contributed by atoms with Crippen LogP contribution in [0, 0.1) is 17.1 Å². The van der Waals surface area contributed by atoms with E-state index in [4.69, 9.17) is 5.73 Å². The molecule has 3 aromatic rings. The molecule has 0 saturated heterocycles. The number of aromatic nitrogens is 2. The Kier molecular flexibility index (Phi) is 6.59. The van der Waals surface area contributed by atoms with Crippen LogP contribution >= 0.6 is 0 Å². The van der Waals surface area contributed by atoms with E-state index in [2.05, 4.69) is 26.8 Å². The van der Waals surface area contributed by atoms with Crippen molar-refractivity contribution in [2.45, 2.75) is 31.1 Å². The van der Waals surface area contributed by atoms with Crippen LogP contribution in [-0.2, 0) is 11.8 Å². The SMILES string of the molecule is CN=C(NCCCc1nn(-c2ccccc2)c(N)c1C#N)NCC1(c2ccccc2F)CC1. The Hall–Kier alpha value is -3.86. The third kappa shape index (κ3) is 4.82. The highest BCUT2D eigenvalue weighted by molar-refractivity contribution is 5.79. The molecule has 0 unspecified atom stereocenters. The number of para-hydroxylation sites is 1. The minimum absolute atomic E-state index is 0.151. The van der Waals surface area contributed by atoms with Gasteiger partial charge in [0.05, 0.1) is 11.4 Å². The van der Waals surface area contributed by atoms with Gasteiger partial charge < -0.3 is 16.4 Å². The molecule has 0 atom stereocenters. The van der Waals surface area contributed by atoms with E-state index >= 15 is 0 Å². The molecule has 1 saturated carbocycles. The summed E-state index contributed by atoms with van der Waals surface area (Å²) in [5, 5.41) is 20.7. The van der Waals surface area contributed by atoms with Gasteiger partial charge in [-0.15, -0.1) is 0 Å². The predicted octanol–water partition coefficient (Wildman–Crippen LogP) is 3.29. The number of aliphatic imine (C=N–C) groups is 1. The van der Waals surface area contributed by atoms with Crippen molar-refractivity contribution in [3.05, 3.63) is 77.2 Å². The van der Waals surface area contributed by atoms with Gasteiger partial charge in [0.2, 0.25) is 0 Å². The van der Waals surface area contributed by atoms with Gasteiger partial charge in [-0.1, -0.05) is 36.4 Å². The van der Waals surface area contributed by atoms with Gasteiger partial charge >= 0.3 is 0 Å². The second-order valence-corrected chi connectivity index (χ2v) is 8.28. The van der Waals surface area contributed by atoms with E-state index in [1.807, 2.05) is 42.5 Å². The highest BCUT2D eigenvalue weighted by atomic mass is 19.1. The molecule has 2 aromatic carbocycles. The summed E-state index contributed by atoms with van der Waals surface area (Å²) in [5.41, 5.74) is 8.70. The fourth-order valence-electron chi connectivity index (χ4n) is 4.06. The number of nitrogen functional groups attached to an aromatic ring is 1. The fourth-order valence-corrected chi connectivity index (χ4v) is 4.06. The Morgan fingerprint density at radius 3 is 2.58 bits per heavy atom. The Labute approximate surface area is 193 Å². The number of nitriles is 1.